The normalized spacial score (nSPS) is 15.2. The summed E-state index contributed by atoms with van der Waals surface area (Å²) in [4.78, 5) is 0. The van der Waals surface area contributed by atoms with E-state index in [9.17, 15) is 8.94 Å². The topological polar surface area (TPSA) is 44.3 Å². The van der Waals surface area contributed by atoms with Crippen LogP contribution in [0, 0.1) is 5.82 Å². The van der Waals surface area contributed by atoms with E-state index in [2.05, 4.69) is 20.7 Å². The number of benzene rings is 1. The highest BCUT2D eigenvalue weighted by Crippen LogP contribution is 2.31. The van der Waals surface area contributed by atoms with Gasteiger partial charge in [0.2, 0.25) is 0 Å². The SMILES string of the molecule is COc1cc([C@@H](C)N[S@+]([O-])C(C)(C)C)cc(F)c1Br. The minimum absolute atomic E-state index is 0.239. The van der Waals surface area contributed by atoms with Crippen LogP contribution in [0.1, 0.15) is 39.3 Å². The van der Waals surface area contributed by atoms with Gasteiger partial charge in [0, 0.05) is 11.4 Å². The van der Waals surface area contributed by atoms with Crippen molar-refractivity contribution < 1.29 is 13.7 Å². The summed E-state index contributed by atoms with van der Waals surface area (Å²) in [6.45, 7) is 7.48. The first-order valence-electron chi connectivity index (χ1n) is 5.87. The number of rotatable bonds is 4. The average molecular weight is 352 g/mol. The zero-order valence-electron chi connectivity index (χ0n) is 11.7. The third-order valence-electron chi connectivity index (χ3n) is 2.58. The molecule has 0 saturated heterocycles. The molecule has 0 fully saturated rings. The largest absolute Gasteiger partial charge is 0.598 e. The van der Waals surface area contributed by atoms with E-state index in [4.69, 9.17) is 4.74 Å². The Hall–Kier alpha value is -0.300. The molecule has 0 aromatic heterocycles. The zero-order chi connectivity index (χ0) is 14.8. The van der Waals surface area contributed by atoms with Crippen LogP contribution in [-0.4, -0.2) is 16.4 Å². The van der Waals surface area contributed by atoms with Crippen LogP contribution >= 0.6 is 15.9 Å². The number of nitrogens with one attached hydrogen (secondary N) is 1. The number of halogens is 2. The number of hydrogen-bond donors (Lipinski definition) is 1. The molecule has 0 saturated carbocycles. The fourth-order valence-electron chi connectivity index (χ4n) is 1.39. The van der Waals surface area contributed by atoms with Gasteiger partial charge in [-0.05, 0) is 61.3 Å². The number of methoxy groups -OCH3 is 1. The molecule has 1 aromatic rings. The molecule has 6 heteroatoms. The first-order chi connectivity index (χ1) is 8.66. The molecule has 3 nitrogen and oxygen atoms in total. The fourth-order valence-corrected chi connectivity index (χ4v) is 2.59. The van der Waals surface area contributed by atoms with Crippen molar-refractivity contribution in [1.29, 1.82) is 0 Å². The lowest BCUT2D eigenvalue weighted by Gasteiger charge is -2.26. The Kier molecular flexibility index (Phi) is 5.67. The van der Waals surface area contributed by atoms with Gasteiger partial charge in [0.05, 0.1) is 17.6 Å². The lowest BCUT2D eigenvalue weighted by atomic mass is 10.1. The van der Waals surface area contributed by atoms with E-state index < -0.39 is 17.2 Å². The van der Waals surface area contributed by atoms with Gasteiger partial charge in [-0.1, -0.05) is 0 Å². The van der Waals surface area contributed by atoms with E-state index >= 15 is 0 Å². The van der Waals surface area contributed by atoms with Gasteiger partial charge >= 0.3 is 0 Å². The highest BCUT2D eigenvalue weighted by molar-refractivity contribution is 9.10. The van der Waals surface area contributed by atoms with Crippen LogP contribution in [-0.2, 0) is 11.4 Å². The molecule has 0 aliphatic rings. The van der Waals surface area contributed by atoms with Crippen LogP contribution in [0.3, 0.4) is 0 Å². The first-order valence-corrected chi connectivity index (χ1v) is 7.82. The van der Waals surface area contributed by atoms with E-state index in [0.717, 1.165) is 0 Å². The number of hydrogen-bond acceptors (Lipinski definition) is 3. The molecular formula is C13H19BrFNO2S. The molecular weight excluding hydrogens is 333 g/mol. The summed E-state index contributed by atoms with van der Waals surface area (Å²) in [5.41, 5.74) is 0.690. The molecule has 19 heavy (non-hydrogen) atoms. The minimum atomic E-state index is -1.21. The summed E-state index contributed by atoms with van der Waals surface area (Å²) in [6, 6.07) is 2.89. The van der Waals surface area contributed by atoms with Gasteiger partial charge in [-0.3, -0.25) is 0 Å². The highest BCUT2D eigenvalue weighted by atomic mass is 79.9. The van der Waals surface area contributed by atoms with Crippen molar-refractivity contribution in [1.82, 2.24) is 4.72 Å². The molecule has 1 aromatic carbocycles. The summed E-state index contributed by atoms with van der Waals surface area (Å²) in [5, 5.41) is 0. The van der Waals surface area contributed by atoms with E-state index in [-0.39, 0.29) is 10.8 Å². The van der Waals surface area contributed by atoms with Crippen molar-refractivity contribution in [2.45, 2.75) is 38.5 Å². The maximum Gasteiger partial charge on any atom is 0.141 e. The van der Waals surface area contributed by atoms with Gasteiger partial charge in [0.1, 0.15) is 16.3 Å². The van der Waals surface area contributed by atoms with Gasteiger partial charge in [0.25, 0.3) is 0 Å². The highest BCUT2D eigenvalue weighted by Gasteiger charge is 2.28. The van der Waals surface area contributed by atoms with Crippen molar-refractivity contribution in [2.75, 3.05) is 7.11 Å². The second-order valence-electron chi connectivity index (χ2n) is 5.24. The second-order valence-corrected chi connectivity index (χ2v) is 8.03. The van der Waals surface area contributed by atoms with Crippen LogP contribution in [0.4, 0.5) is 4.39 Å². The monoisotopic (exact) mass is 351 g/mol. The molecule has 0 heterocycles. The zero-order valence-corrected chi connectivity index (χ0v) is 14.1. The van der Waals surface area contributed by atoms with E-state index in [1.54, 1.807) is 6.07 Å². The van der Waals surface area contributed by atoms with Crippen LogP contribution in [0.5, 0.6) is 5.75 Å². The minimum Gasteiger partial charge on any atom is -0.598 e. The van der Waals surface area contributed by atoms with Crippen molar-refractivity contribution in [3.63, 3.8) is 0 Å². The van der Waals surface area contributed by atoms with Crippen molar-refractivity contribution in [3.8, 4) is 5.75 Å². The number of ether oxygens (including phenoxy) is 1. The molecule has 0 spiro atoms. The average Bonchev–Trinajstić information content (AvgIpc) is 2.31. The summed E-state index contributed by atoms with van der Waals surface area (Å²) in [7, 11) is 1.48. The third-order valence-corrected chi connectivity index (χ3v) is 5.03. The lowest BCUT2D eigenvalue weighted by Crippen LogP contribution is -2.40. The van der Waals surface area contributed by atoms with Crippen LogP contribution in [0.25, 0.3) is 0 Å². The fraction of sp³-hybridized carbons (Fsp3) is 0.538. The summed E-state index contributed by atoms with van der Waals surface area (Å²) < 4.78 is 33.7. The van der Waals surface area contributed by atoms with E-state index in [0.29, 0.717) is 15.8 Å². The van der Waals surface area contributed by atoms with E-state index in [1.165, 1.54) is 13.2 Å². The summed E-state index contributed by atoms with van der Waals surface area (Å²) in [6.07, 6.45) is 0. The van der Waals surface area contributed by atoms with Crippen molar-refractivity contribution in [3.05, 3.63) is 28.0 Å². The standard InChI is InChI=1S/C13H19BrFNO2S/c1-8(16-19(17)13(2,3)4)9-6-10(15)12(14)11(7-9)18-5/h6-8,16H,1-5H3/t8-,19-/m1/s1. The summed E-state index contributed by atoms with van der Waals surface area (Å²) >= 11 is 1.91. The Balaban J connectivity index is 2.94. The first kappa shape index (κ1) is 16.8. The second kappa shape index (κ2) is 6.43. The van der Waals surface area contributed by atoms with Crippen LogP contribution in [0.15, 0.2) is 16.6 Å². The van der Waals surface area contributed by atoms with Crippen LogP contribution < -0.4 is 9.46 Å². The quantitative estimate of drug-likeness (QED) is 0.841. The molecule has 0 unspecified atom stereocenters. The van der Waals surface area contributed by atoms with Gasteiger partial charge in [0.15, 0.2) is 0 Å². The molecule has 0 bridgehead atoms. The Morgan fingerprint density at radius 2 is 2.00 bits per heavy atom. The molecule has 1 N–H and O–H groups in total. The molecule has 108 valence electrons. The lowest BCUT2D eigenvalue weighted by molar-refractivity contribution is 0.406. The van der Waals surface area contributed by atoms with Gasteiger partial charge in [-0.2, -0.15) is 0 Å². The molecule has 0 radical (unpaired) electrons. The predicted molar refractivity (Wildman–Crippen MR) is 80.1 cm³/mol. The Labute approximate surface area is 125 Å². The van der Waals surface area contributed by atoms with Crippen molar-refractivity contribution >= 4 is 27.3 Å². The summed E-state index contributed by atoms with van der Waals surface area (Å²) in [5.74, 6) is 0.0229. The predicted octanol–water partition coefficient (Wildman–Crippen LogP) is 3.71. The van der Waals surface area contributed by atoms with Gasteiger partial charge < -0.3 is 9.29 Å². The Morgan fingerprint density at radius 1 is 1.42 bits per heavy atom. The van der Waals surface area contributed by atoms with Crippen molar-refractivity contribution in [2.24, 2.45) is 0 Å². The smallest absolute Gasteiger partial charge is 0.141 e. The maximum absolute atomic E-state index is 13.7. The van der Waals surface area contributed by atoms with Gasteiger partial charge in [-0.15, -0.1) is 4.72 Å². The molecule has 0 aliphatic heterocycles. The third kappa shape index (κ3) is 4.34. The maximum atomic E-state index is 13.7. The molecule has 2 atom stereocenters. The van der Waals surface area contributed by atoms with Gasteiger partial charge in [-0.25, -0.2) is 4.39 Å². The van der Waals surface area contributed by atoms with Crippen LogP contribution in [0.2, 0.25) is 0 Å². The molecule has 0 aliphatic carbocycles. The van der Waals surface area contributed by atoms with E-state index in [1.807, 2.05) is 27.7 Å². The molecule has 0 amide bonds. The Morgan fingerprint density at radius 3 is 2.47 bits per heavy atom. The molecule has 1 rings (SSSR count). The Bertz CT molecular complexity index is 451.